The highest BCUT2D eigenvalue weighted by atomic mass is 32.2. The van der Waals surface area contributed by atoms with Crippen LogP contribution < -0.4 is 4.72 Å². The van der Waals surface area contributed by atoms with Crippen LogP contribution in [0.15, 0.2) is 29.2 Å². The molecular weight excluding hydrogens is 296 g/mol. The molecule has 8 heteroatoms. The van der Waals surface area contributed by atoms with Crippen LogP contribution in [0, 0.1) is 11.3 Å². The summed E-state index contributed by atoms with van der Waals surface area (Å²) in [5.41, 5.74) is 0.323. The predicted molar refractivity (Wildman–Crippen MR) is 74.0 cm³/mol. The van der Waals surface area contributed by atoms with E-state index in [4.69, 9.17) is 15.1 Å². The van der Waals surface area contributed by atoms with E-state index in [1.165, 1.54) is 31.4 Å². The molecule has 0 spiro atoms. The second-order valence-electron chi connectivity index (χ2n) is 4.28. The minimum atomic E-state index is -3.95. The lowest BCUT2D eigenvalue weighted by Gasteiger charge is -2.14. The molecule has 0 saturated carbocycles. The lowest BCUT2D eigenvalue weighted by atomic mass is 10.2. The first kappa shape index (κ1) is 17.1. The van der Waals surface area contributed by atoms with Crippen molar-refractivity contribution in [3.05, 3.63) is 29.8 Å². The SMILES string of the molecule is COCCCC(NS(=O)(=O)c1ccc(C#N)cc1)C(=O)O. The van der Waals surface area contributed by atoms with E-state index in [1.807, 2.05) is 6.07 Å². The third kappa shape index (κ3) is 5.15. The van der Waals surface area contributed by atoms with E-state index >= 15 is 0 Å². The minimum Gasteiger partial charge on any atom is -0.480 e. The molecule has 0 fully saturated rings. The summed E-state index contributed by atoms with van der Waals surface area (Å²) in [5.74, 6) is -1.25. The molecule has 0 aliphatic carbocycles. The van der Waals surface area contributed by atoms with Crippen LogP contribution in [0.5, 0.6) is 0 Å². The Labute approximate surface area is 123 Å². The van der Waals surface area contributed by atoms with Crippen molar-refractivity contribution in [2.45, 2.75) is 23.8 Å². The molecular formula is C13H16N2O5S. The zero-order chi connectivity index (χ0) is 15.9. The zero-order valence-electron chi connectivity index (χ0n) is 11.4. The highest BCUT2D eigenvalue weighted by molar-refractivity contribution is 7.89. The Hall–Kier alpha value is -1.95. The topological polar surface area (TPSA) is 116 Å². The maximum Gasteiger partial charge on any atom is 0.321 e. The van der Waals surface area contributed by atoms with E-state index in [0.29, 0.717) is 18.6 Å². The smallest absolute Gasteiger partial charge is 0.321 e. The van der Waals surface area contributed by atoms with Gasteiger partial charge in [-0.1, -0.05) is 0 Å². The zero-order valence-corrected chi connectivity index (χ0v) is 12.3. The number of hydrogen-bond acceptors (Lipinski definition) is 5. The lowest BCUT2D eigenvalue weighted by Crippen LogP contribution is -2.40. The quantitative estimate of drug-likeness (QED) is 0.683. The number of carboxylic acids is 1. The number of carboxylic acid groups (broad SMARTS) is 1. The van der Waals surface area contributed by atoms with Crippen LogP contribution in [-0.2, 0) is 19.6 Å². The second-order valence-corrected chi connectivity index (χ2v) is 6.00. The van der Waals surface area contributed by atoms with Crippen molar-refractivity contribution in [1.29, 1.82) is 5.26 Å². The number of ether oxygens (including phenoxy) is 1. The monoisotopic (exact) mass is 312 g/mol. The van der Waals surface area contributed by atoms with Gasteiger partial charge in [-0.3, -0.25) is 4.79 Å². The van der Waals surface area contributed by atoms with Crippen LogP contribution in [0.25, 0.3) is 0 Å². The van der Waals surface area contributed by atoms with E-state index < -0.39 is 22.0 Å². The summed E-state index contributed by atoms with van der Waals surface area (Å²) in [6.45, 7) is 0.350. The molecule has 21 heavy (non-hydrogen) atoms. The molecule has 0 aliphatic rings. The molecule has 0 aromatic heterocycles. The van der Waals surface area contributed by atoms with Gasteiger partial charge >= 0.3 is 5.97 Å². The van der Waals surface area contributed by atoms with Crippen molar-refractivity contribution >= 4 is 16.0 Å². The highest BCUT2D eigenvalue weighted by Gasteiger charge is 2.24. The van der Waals surface area contributed by atoms with Crippen molar-refractivity contribution in [3.8, 4) is 6.07 Å². The number of benzene rings is 1. The molecule has 1 aromatic rings. The van der Waals surface area contributed by atoms with Gasteiger partial charge in [0.05, 0.1) is 16.5 Å². The summed E-state index contributed by atoms with van der Waals surface area (Å²) in [6, 6.07) is 5.88. The summed E-state index contributed by atoms with van der Waals surface area (Å²) in [4.78, 5) is 11.0. The van der Waals surface area contributed by atoms with Gasteiger partial charge in [-0.25, -0.2) is 8.42 Å². The van der Waals surface area contributed by atoms with Crippen LogP contribution >= 0.6 is 0 Å². The summed E-state index contributed by atoms with van der Waals surface area (Å²) in [5, 5.41) is 17.7. The molecule has 1 atom stereocenters. The fourth-order valence-corrected chi connectivity index (χ4v) is 2.85. The van der Waals surface area contributed by atoms with Gasteiger partial charge in [0.15, 0.2) is 0 Å². The molecule has 0 aliphatic heterocycles. The molecule has 0 amide bonds. The number of aliphatic carboxylic acids is 1. The minimum absolute atomic E-state index is 0.0838. The molecule has 114 valence electrons. The normalized spacial score (nSPS) is 12.6. The predicted octanol–water partition coefficient (Wildman–Crippen LogP) is 0.716. The molecule has 0 heterocycles. The molecule has 1 unspecified atom stereocenters. The van der Waals surface area contributed by atoms with E-state index in [1.54, 1.807) is 0 Å². The lowest BCUT2D eigenvalue weighted by molar-refractivity contribution is -0.139. The Bertz CT molecular complexity index is 619. The van der Waals surface area contributed by atoms with Crippen molar-refractivity contribution in [3.63, 3.8) is 0 Å². The van der Waals surface area contributed by atoms with Crippen LogP contribution in [-0.4, -0.2) is 39.3 Å². The number of nitrogens with zero attached hydrogens (tertiary/aromatic N) is 1. The average Bonchev–Trinajstić information content (AvgIpc) is 2.46. The first-order chi connectivity index (χ1) is 9.90. The molecule has 2 N–H and O–H groups in total. The van der Waals surface area contributed by atoms with E-state index in [2.05, 4.69) is 4.72 Å². The van der Waals surface area contributed by atoms with Gasteiger partial charge in [0, 0.05) is 13.7 Å². The Morgan fingerprint density at radius 1 is 1.43 bits per heavy atom. The summed E-state index contributed by atoms with van der Waals surface area (Å²) >= 11 is 0. The van der Waals surface area contributed by atoms with Gasteiger partial charge in [-0.15, -0.1) is 0 Å². The van der Waals surface area contributed by atoms with Crippen LogP contribution in [0.1, 0.15) is 18.4 Å². The Morgan fingerprint density at radius 2 is 2.05 bits per heavy atom. The summed E-state index contributed by atoms with van der Waals surface area (Å²) in [7, 11) is -2.46. The second kappa shape index (κ2) is 7.73. The molecule has 0 bridgehead atoms. The first-order valence-corrected chi connectivity index (χ1v) is 7.63. The van der Waals surface area contributed by atoms with Crippen molar-refractivity contribution in [1.82, 2.24) is 4.72 Å². The van der Waals surface area contributed by atoms with Crippen LogP contribution in [0.3, 0.4) is 0 Å². The fraction of sp³-hybridized carbons (Fsp3) is 0.385. The standard InChI is InChI=1S/C13H16N2O5S/c1-20-8-2-3-12(13(16)17)15-21(18,19)11-6-4-10(9-14)5-7-11/h4-7,12,15H,2-3,8H2,1H3,(H,16,17). The third-order valence-electron chi connectivity index (χ3n) is 2.73. The van der Waals surface area contributed by atoms with Gasteiger partial charge in [0.2, 0.25) is 10.0 Å². The fourth-order valence-electron chi connectivity index (χ4n) is 1.63. The van der Waals surface area contributed by atoms with Crippen LogP contribution in [0.2, 0.25) is 0 Å². The number of sulfonamides is 1. The Balaban J connectivity index is 2.84. The van der Waals surface area contributed by atoms with Gasteiger partial charge in [0.25, 0.3) is 0 Å². The van der Waals surface area contributed by atoms with Crippen LogP contribution in [0.4, 0.5) is 0 Å². The highest BCUT2D eigenvalue weighted by Crippen LogP contribution is 2.12. The van der Waals surface area contributed by atoms with Gasteiger partial charge < -0.3 is 9.84 Å². The summed E-state index contributed by atoms with van der Waals surface area (Å²) in [6.07, 6.45) is 0.544. The van der Waals surface area contributed by atoms with Crippen molar-refractivity contribution < 1.29 is 23.1 Å². The largest absolute Gasteiger partial charge is 0.480 e. The van der Waals surface area contributed by atoms with Gasteiger partial charge in [0.1, 0.15) is 6.04 Å². The van der Waals surface area contributed by atoms with E-state index in [9.17, 15) is 13.2 Å². The molecule has 0 radical (unpaired) electrons. The number of carbonyl (C=O) groups is 1. The molecule has 1 rings (SSSR count). The number of hydrogen-bond donors (Lipinski definition) is 2. The number of methoxy groups -OCH3 is 1. The van der Waals surface area contributed by atoms with Crippen molar-refractivity contribution in [2.75, 3.05) is 13.7 Å². The maximum atomic E-state index is 12.1. The van der Waals surface area contributed by atoms with Crippen molar-refractivity contribution in [2.24, 2.45) is 0 Å². The molecule has 7 nitrogen and oxygen atoms in total. The Kier molecular flexibility index (Phi) is 6.30. The van der Waals surface area contributed by atoms with Gasteiger partial charge in [-0.05, 0) is 37.1 Å². The summed E-state index contributed by atoms with van der Waals surface area (Å²) < 4.78 is 31.1. The van der Waals surface area contributed by atoms with E-state index in [-0.39, 0.29) is 11.3 Å². The number of nitriles is 1. The van der Waals surface area contributed by atoms with E-state index in [0.717, 1.165) is 0 Å². The molecule has 1 aromatic carbocycles. The van der Waals surface area contributed by atoms with Gasteiger partial charge in [-0.2, -0.15) is 9.98 Å². The first-order valence-electron chi connectivity index (χ1n) is 6.15. The molecule has 0 saturated heterocycles. The Morgan fingerprint density at radius 3 is 2.52 bits per heavy atom. The number of nitrogens with one attached hydrogen (secondary N) is 1. The third-order valence-corrected chi connectivity index (χ3v) is 4.22. The number of rotatable bonds is 8. The average molecular weight is 312 g/mol. The maximum absolute atomic E-state index is 12.1.